The van der Waals surface area contributed by atoms with Crippen molar-refractivity contribution in [1.82, 2.24) is 4.98 Å². The second kappa shape index (κ2) is 6.62. The van der Waals surface area contributed by atoms with Gasteiger partial charge < -0.3 is 15.4 Å². The van der Waals surface area contributed by atoms with Crippen molar-refractivity contribution in [2.24, 2.45) is 0 Å². The molecule has 0 atom stereocenters. The lowest BCUT2D eigenvalue weighted by Gasteiger charge is -2.14. The van der Waals surface area contributed by atoms with Crippen LogP contribution in [0.15, 0.2) is 36.4 Å². The molecule has 1 aromatic heterocycles. The molecule has 0 aliphatic carbocycles. The summed E-state index contributed by atoms with van der Waals surface area (Å²) in [7, 11) is 0. The fourth-order valence-corrected chi connectivity index (χ4v) is 2.78. The highest BCUT2D eigenvalue weighted by atomic mass is 35.5. The number of aromatic nitrogens is 1. The normalized spacial score (nSPS) is 12.4. The number of amides is 1. The Morgan fingerprint density at radius 3 is 2.07 bits per heavy atom. The minimum absolute atomic E-state index is 0.0547. The van der Waals surface area contributed by atoms with Crippen molar-refractivity contribution in [3.05, 3.63) is 58.1 Å². The average Bonchev–Trinajstić information content (AvgIpc) is 2.87. The van der Waals surface area contributed by atoms with Crippen LogP contribution in [0.25, 0.3) is 10.9 Å². The van der Waals surface area contributed by atoms with Gasteiger partial charge in [0.2, 0.25) is 5.88 Å². The standard InChI is InChI=1S/C17H9ClF6N2O2/c18-9-1-2-11-12(6-9)26-15(28)13(11)14(27)25-10-4-7(16(19,20)21)3-8(5-10)17(22,23)24/h1-6,26,28H,(H,25,27). The second-order valence-electron chi connectivity index (χ2n) is 5.79. The lowest BCUT2D eigenvalue weighted by Crippen LogP contribution is -2.15. The number of aromatic hydroxyl groups is 1. The molecule has 28 heavy (non-hydrogen) atoms. The fourth-order valence-electron chi connectivity index (χ4n) is 2.61. The summed E-state index contributed by atoms with van der Waals surface area (Å²) in [5.41, 5.74) is -3.97. The summed E-state index contributed by atoms with van der Waals surface area (Å²) < 4.78 is 77.5. The first-order valence-electron chi connectivity index (χ1n) is 7.47. The molecule has 3 aromatic rings. The number of anilines is 1. The summed E-state index contributed by atoms with van der Waals surface area (Å²) in [6.45, 7) is 0. The number of benzene rings is 2. The van der Waals surface area contributed by atoms with Gasteiger partial charge in [0.15, 0.2) is 0 Å². The summed E-state index contributed by atoms with van der Waals surface area (Å²) in [5.74, 6) is -1.71. The third-order valence-corrected chi connectivity index (χ3v) is 4.05. The van der Waals surface area contributed by atoms with Crippen LogP contribution in [-0.4, -0.2) is 16.0 Å². The van der Waals surface area contributed by atoms with Crippen molar-refractivity contribution in [1.29, 1.82) is 0 Å². The molecule has 0 spiro atoms. The molecule has 2 aromatic carbocycles. The van der Waals surface area contributed by atoms with Crippen LogP contribution < -0.4 is 5.32 Å². The zero-order valence-electron chi connectivity index (χ0n) is 13.5. The van der Waals surface area contributed by atoms with Crippen molar-refractivity contribution in [3.8, 4) is 5.88 Å². The first-order valence-corrected chi connectivity index (χ1v) is 7.85. The number of fused-ring (bicyclic) bond motifs is 1. The second-order valence-corrected chi connectivity index (χ2v) is 6.22. The Hall–Kier alpha value is -2.88. The van der Waals surface area contributed by atoms with Gasteiger partial charge in [-0.2, -0.15) is 26.3 Å². The fraction of sp³-hybridized carbons (Fsp3) is 0.118. The molecule has 3 rings (SSSR count). The van der Waals surface area contributed by atoms with Crippen LogP contribution in [0, 0.1) is 0 Å². The van der Waals surface area contributed by atoms with Crippen LogP contribution in [0.1, 0.15) is 21.5 Å². The number of carbonyl (C=O) groups excluding carboxylic acids is 1. The molecule has 148 valence electrons. The first kappa shape index (κ1) is 19.9. The van der Waals surface area contributed by atoms with E-state index in [4.69, 9.17) is 11.6 Å². The van der Waals surface area contributed by atoms with Gasteiger partial charge in [0.1, 0.15) is 5.56 Å². The van der Waals surface area contributed by atoms with E-state index in [-0.39, 0.29) is 27.6 Å². The Balaban J connectivity index is 2.04. The molecule has 4 nitrogen and oxygen atoms in total. The molecule has 0 aliphatic heterocycles. The zero-order chi connectivity index (χ0) is 20.9. The molecule has 11 heteroatoms. The van der Waals surface area contributed by atoms with Crippen molar-refractivity contribution in [2.45, 2.75) is 12.4 Å². The number of halogens is 7. The Kier molecular flexibility index (Phi) is 4.70. The third-order valence-electron chi connectivity index (χ3n) is 3.81. The van der Waals surface area contributed by atoms with E-state index in [1.165, 1.54) is 18.2 Å². The molecule has 0 radical (unpaired) electrons. The van der Waals surface area contributed by atoms with Gasteiger partial charge >= 0.3 is 12.4 Å². The zero-order valence-corrected chi connectivity index (χ0v) is 14.2. The number of hydrogen-bond donors (Lipinski definition) is 3. The molecule has 0 unspecified atom stereocenters. The van der Waals surface area contributed by atoms with Gasteiger partial charge in [-0.3, -0.25) is 4.79 Å². The molecule has 0 bridgehead atoms. The molecule has 0 fully saturated rings. The van der Waals surface area contributed by atoms with Crippen LogP contribution in [-0.2, 0) is 12.4 Å². The number of carbonyl (C=O) groups is 1. The van der Waals surface area contributed by atoms with Crippen LogP contribution in [0.2, 0.25) is 5.02 Å². The maximum absolute atomic E-state index is 12.9. The van der Waals surface area contributed by atoms with E-state index in [0.717, 1.165) is 0 Å². The van der Waals surface area contributed by atoms with Crippen LogP contribution in [0.3, 0.4) is 0 Å². The molecule has 1 heterocycles. The molecule has 0 aliphatic rings. The van der Waals surface area contributed by atoms with Crippen molar-refractivity contribution >= 4 is 34.1 Å². The number of aromatic amines is 1. The van der Waals surface area contributed by atoms with Gasteiger partial charge in [0.05, 0.1) is 16.6 Å². The molecule has 1 amide bonds. The van der Waals surface area contributed by atoms with Crippen LogP contribution >= 0.6 is 11.6 Å². The van der Waals surface area contributed by atoms with E-state index in [9.17, 15) is 36.2 Å². The van der Waals surface area contributed by atoms with Gasteiger partial charge in [-0.25, -0.2) is 0 Å². The van der Waals surface area contributed by atoms with Gasteiger partial charge in [0.25, 0.3) is 5.91 Å². The van der Waals surface area contributed by atoms with E-state index in [1.54, 1.807) is 0 Å². The van der Waals surface area contributed by atoms with Gasteiger partial charge in [0, 0.05) is 16.1 Å². The largest absolute Gasteiger partial charge is 0.494 e. The van der Waals surface area contributed by atoms with Crippen molar-refractivity contribution in [3.63, 3.8) is 0 Å². The summed E-state index contributed by atoms with van der Waals surface area (Å²) in [5, 5.41) is 12.4. The van der Waals surface area contributed by atoms with E-state index in [0.29, 0.717) is 12.1 Å². The summed E-state index contributed by atoms with van der Waals surface area (Å²) >= 11 is 5.79. The Morgan fingerprint density at radius 1 is 0.964 bits per heavy atom. The lowest BCUT2D eigenvalue weighted by atomic mass is 10.1. The first-order chi connectivity index (χ1) is 12.9. The number of nitrogens with one attached hydrogen (secondary N) is 2. The summed E-state index contributed by atoms with van der Waals surface area (Å²) in [4.78, 5) is 14.9. The van der Waals surface area contributed by atoms with Gasteiger partial charge in [-0.15, -0.1) is 0 Å². The smallest absolute Gasteiger partial charge is 0.416 e. The quantitative estimate of drug-likeness (QED) is 0.456. The number of alkyl halides is 6. The Morgan fingerprint density at radius 2 is 1.54 bits per heavy atom. The van der Waals surface area contributed by atoms with Crippen LogP contribution in [0.4, 0.5) is 32.0 Å². The van der Waals surface area contributed by atoms with E-state index in [1.807, 2.05) is 5.32 Å². The minimum atomic E-state index is -5.06. The Labute approximate surface area is 157 Å². The molecular weight excluding hydrogens is 414 g/mol. The maximum Gasteiger partial charge on any atom is 0.416 e. The number of H-pyrrole nitrogens is 1. The summed E-state index contributed by atoms with van der Waals surface area (Å²) in [6, 6.07) is 4.85. The minimum Gasteiger partial charge on any atom is -0.494 e. The number of rotatable bonds is 2. The topological polar surface area (TPSA) is 65.1 Å². The molecule has 0 saturated heterocycles. The van der Waals surface area contributed by atoms with Crippen molar-refractivity contribution < 1.29 is 36.2 Å². The number of hydrogen-bond acceptors (Lipinski definition) is 2. The van der Waals surface area contributed by atoms with E-state index in [2.05, 4.69) is 4.98 Å². The highest BCUT2D eigenvalue weighted by Crippen LogP contribution is 2.38. The monoisotopic (exact) mass is 422 g/mol. The van der Waals surface area contributed by atoms with E-state index < -0.39 is 41.0 Å². The van der Waals surface area contributed by atoms with Crippen LogP contribution in [0.5, 0.6) is 5.88 Å². The molecule has 0 saturated carbocycles. The van der Waals surface area contributed by atoms with E-state index >= 15 is 0 Å². The van der Waals surface area contributed by atoms with Crippen molar-refractivity contribution in [2.75, 3.05) is 5.32 Å². The SMILES string of the molecule is O=C(Nc1cc(C(F)(F)F)cc(C(F)(F)F)c1)c1c(O)[nH]c2cc(Cl)ccc12. The summed E-state index contributed by atoms with van der Waals surface area (Å²) in [6.07, 6.45) is -10.1. The van der Waals surface area contributed by atoms with Gasteiger partial charge in [-0.05, 0) is 30.3 Å². The molecule has 3 N–H and O–H groups in total. The predicted octanol–water partition coefficient (Wildman–Crippen LogP) is 5.82. The Bertz CT molecular complexity index is 1040. The average molecular weight is 423 g/mol. The predicted molar refractivity (Wildman–Crippen MR) is 89.4 cm³/mol. The maximum atomic E-state index is 12.9. The molecular formula is C17H9ClF6N2O2. The highest BCUT2D eigenvalue weighted by molar-refractivity contribution is 6.31. The third kappa shape index (κ3) is 3.86. The highest BCUT2D eigenvalue weighted by Gasteiger charge is 2.37. The lowest BCUT2D eigenvalue weighted by molar-refractivity contribution is -0.143. The van der Waals surface area contributed by atoms with Gasteiger partial charge in [-0.1, -0.05) is 17.7 Å².